The lowest BCUT2D eigenvalue weighted by atomic mass is 10.1. The van der Waals surface area contributed by atoms with Gasteiger partial charge in [0.1, 0.15) is 5.82 Å². The number of hydrogen-bond acceptors (Lipinski definition) is 4. The van der Waals surface area contributed by atoms with E-state index in [0.29, 0.717) is 40.1 Å². The molecular weight excluding hydrogens is 421 g/mol. The highest BCUT2D eigenvalue weighted by Crippen LogP contribution is 2.41. The highest BCUT2D eigenvalue weighted by Gasteiger charge is 2.21. The molecule has 152 valence electrons. The Bertz CT molecular complexity index is 1150. The molecule has 0 aliphatic carbocycles. The first kappa shape index (κ1) is 20.6. The number of carbonyl (C=O) groups excluding carboxylic acids is 1. The van der Waals surface area contributed by atoms with Gasteiger partial charge in [-0.25, -0.2) is 9.38 Å². The fourth-order valence-corrected chi connectivity index (χ4v) is 4.16. The Kier molecular flexibility index (Phi) is 5.88. The molecule has 0 bridgehead atoms. The maximum atomic E-state index is 14.0. The lowest BCUT2D eigenvalue weighted by molar-refractivity contribution is 0.0949. The molecule has 1 aliphatic rings. The zero-order valence-electron chi connectivity index (χ0n) is 16.4. The summed E-state index contributed by atoms with van der Waals surface area (Å²) >= 11 is 7.41. The molecule has 2 aromatic carbocycles. The minimum atomic E-state index is -0.321. The number of rotatable bonds is 4. The molecule has 1 aliphatic heterocycles. The summed E-state index contributed by atoms with van der Waals surface area (Å²) in [7, 11) is 0. The van der Waals surface area contributed by atoms with E-state index in [1.54, 1.807) is 36.5 Å². The molecular formula is C23H19ClFN3OS. The van der Waals surface area contributed by atoms with Crippen molar-refractivity contribution in [2.24, 2.45) is 10.9 Å². The second kappa shape index (κ2) is 8.58. The largest absolute Gasteiger partial charge is 0.352 e. The minimum absolute atomic E-state index is 0.148. The maximum Gasteiger partial charge on any atom is 0.251 e. The summed E-state index contributed by atoms with van der Waals surface area (Å²) < 4.78 is 14.0. The number of nitrogens with zero attached hydrogens (tertiary/aromatic N) is 2. The van der Waals surface area contributed by atoms with Crippen molar-refractivity contribution < 1.29 is 9.18 Å². The van der Waals surface area contributed by atoms with Crippen molar-refractivity contribution in [3.05, 3.63) is 82.4 Å². The van der Waals surface area contributed by atoms with Gasteiger partial charge in [-0.2, -0.15) is 0 Å². The van der Waals surface area contributed by atoms with Gasteiger partial charge >= 0.3 is 0 Å². The first-order valence-corrected chi connectivity index (χ1v) is 10.7. The van der Waals surface area contributed by atoms with E-state index in [2.05, 4.69) is 10.3 Å². The van der Waals surface area contributed by atoms with Gasteiger partial charge in [0, 0.05) is 33.7 Å². The topological polar surface area (TPSA) is 54.4 Å². The van der Waals surface area contributed by atoms with Gasteiger partial charge in [-0.3, -0.25) is 9.78 Å². The molecule has 4 nitrogen and oxygen atoms in total. The van der Waals surface area contributed by atoms with Crippen LogP contribution >= 0.6 is 23.4 Å². The number of hydrogen-bond donors (Lipinski definition) is 1. The van der Waals surface area contributed by atoms with Crippen molar-refractivity contribution in [2.45, 2.75) is 23.6 Å². The number of carbonyl (C=O) groups is 1. The standard InChI is InChI=1S/C23H19ClFN3OS/c1-13(2)11-27-23(29)14-3-8-20-19(9-14)28-22(18-7-4-15(24)12-26-18)17-6-5-16(25)10-21(17)30-20/h3-10,12-13H,11H2,1-2H3,(H,27,29). The smallest absolute Gasteiger partial charge is 0.251 e. The summed E-state index contributed by atoms with van der Waals surface area (Å²) in [6.07, 6.45) is 1.55. The molecule has 2 heterocycles. The Morgan fingerprint density at radius 3 is 2.70 bits per heavy atom. The first-order valence-electron chi connectivity index (χ1n) is 9.51. The van der Waals surface area contributed by atoms with E-state index in [0.717, 1.165) is 15.4 Å². The summed E-state index contributed by atoms with van der Waals surface area (Å²) in [5.74, 6) is -0.112. The SMILES string of the molecule is CC(C)CNC(=O)c1ccc2c(c1)N=C(c1ccc(Cl)cn1)c1ccc(F)cc1S2. The van der Waals surface area contributed by atoms with E-state index in [9.17, 15) is 9.18 Å². The zero-order chi connectivity index (χ0) is 21.3. The van der Waals surface area contributed by atoms with E-state index in [4.69, 9.17) is 16.6 Å². The second-order valence-corrected chi connectivity index (χ2v) is 8.87. The number of pyridine rings is 1. The quantitative estimate of drug-likeness (QED) is 0.431. The van der Waals surface area contributed by atoms with Crippen molar-refractivity contribution in [3.63, 3.8) is 0 Å². The number of nitrogens with one attached hydrogen (secondary N) is 1. The van der Waals surface area contributed by atoms with Crippen LogP contribution in [0.3, 0.4) is 0 Å². The van der Waals surface area contributed by atoms with Gasteiger partial charge in [-0.05, 0) is 54.4 Å². The fourth-order valence-electron chi connectivity index (χ4n) is 3.02. The second-order valence-electron chi connectivity index (χ2n) is 7.35. The Balaban J connectivity index is 1.82. The van der Waals surface area contributed by atoms with Gasteiger partial charge in [0.15, 0.2) is 0 Å². The van der Waals surface area contributed by atoms with Crippen LogP contribution in [0.5, 0.6) is 0 Å². The van der Waals surface area contributed by atoms with Gasteiger partial charge in [0.05, 0.1) is 22.1 Å². The van der Waals surface area contributed by atoms with Crippen molar-refractivity contribution in [3.8, 4) is 0 Å². The summed E-state index contributed by atoms with van der Waals surface area (Å²) in [4.78, 5) is 23.3. The maximum absolute atomic E-state index is 14.0. The third-order valence-corrected chi connectivity index (χ3v) is 5.86. The van der Waals surface area contributed by atoms with Crippen LogP contribution in [0.25, 0.3) is 0 Å². The van der Waals surface area contributed by atoms with Gasteiger partial charge in [-0.15, -0.1) is 0 Å². The minimum Gasteiger partial charge on any atom is -0.352 e. The molecule has 30 heavy (non-hydrogen) atoms. The van der Waals surface area contributed by atoms with Crippen LogP contribution in [0.1, 0.15) is 35.5 Å². The molecule has 0 saturated heterocycles. The molecule has 0 spiro atoms. The lowest BCUT2D eigenvalue weighted by Gasteiger charge is -2.09. The summed E-state index contributed by atoms with van der Waals surface area (Å²) in [5, 5.41) is 3.44. The average molecular weight is 440 g/mol. The Hall–Kier alpha value is -2.70. The molecule has 0 atom stereocenters. The van der Waals surface area contributed by atoms with Crippen LogP contribution in [0.4, 0.5) is 10.1 Å². The fraction of sp³-hybridized carbons (Fsp3) is 0.174. The summed E-state index contributed by atoms with van der Waals surface area (Å²) in [6, 6.07) is 13.5. The zero-order valence-corrected chi connectivity index (χ0v) is 18.0. The molecule has 3 aromatic rings. The number of fused-ring (bicyclic) bond motifs is 2. The van der Waals surface area contributed by atoms with Crippen molar-refractivity contribution in [1.82, 2.24) is 10.3 Å². The summed E-state index contributed by atoms with van der Waals surface area (Å²) in [5.41, 5.74) is 3.17. The molecule has 1 N–H and O–H groups in total. The number of benzene rings is 2. The van der Waals surface area contributed by atoms with Gasteiger partial charge in [0.2, 0.25) is 0 Å². The van der Waals surface area contributed by atoms with Gasteiger partial charge in [0.25, 0.3) is 5.91 Å². The molecule has 1 amide bonds. The van der Waals surface area contributed by atoms with Crippen molar-refractivity contribution in [1.29, 1.82) is 0 Å². The number of amides is 1. The number of aliphatic imine (C=N–C) groups is 1. The van der Waals surface area contributed by atoms with Crippen LogP contribution in [-0.4, -0.2) is 23.1 Å². The van der Waals surface area contributed by atoms with Gasteiger partial charge < -0.3 is 5.32 Å². The van der Waals surface area contributed by atoms with E-state index in [1.807, 2.05) is 19.9 Å². The molecule has 4 rings (SSSR count). The van der Waals surface area contributed by atoms with Crippen molar-refractivity contribution in [2.75, 3.05) is 6.54 Å². The predicted octanol–water partition coefficient (Wildman–Crippen LogP) is 5.89. The lowest BCUT2D eigenvalue weighted by Crippen LogP contribution is -2.27. The highest BCUT2D eigenvalue weighted by molar-refractivity contribution is 7.99. The Morgan fingerprint density at radius 1 is 1.13 bits per heavy atom. The van der Waals surface area contributed by atoms with Crippen LogP contribution in [0, 0.1) is 11.7 Å². The van der Waals surface area contributed by atoms with Crippen LogP contribution in [-0.2, 0) is 0 Å². The van der Waals surface area contributed by atoms with Crippen LogP contribution < -0.4 is 5.32 Å². The average Bonchev–Trinajstić information content (AvgIpc) is 2.88. The van der Waals surface area contributed by atoms with Gasteiger partial charge in [-0.1, -0.05) is 37.2 Å². The Morgan fingerprint density at radius 2 is 1.97 bits per heavy atom. The normalized spacial score (nSPS) is 12.6. The van der Waals surface area contributed by atoms with Crippen molar-refractivity contribution >= 4 is 40.7 Å². The predicted molar refractivity (Wildman–Crippen MR) is 119 cm³/mol. The molecule has 7 heteroatoms. The number of halogens is 2. The third-order valence-electron chi connectivity index (χ3n) is 4.51. The summed E-state index contributed by atoms with van der Waals surface area (Å²) in [6.45, 7) is 4.68. The Labute approximate surface area is 183 Å². The van der Waals surface area contributed by atoms with E-state index in [1.165, 1.54) is 23.9 Å². The number of aromatic nitrogens is 1. The molecule has 0 saturated carbocycles. The molecule has 0 unspecified atom stereocenters. The highest BCUT2D eigenvalue weighted by atomic mass is 35.5. The monoisotopic (exact) mass is 439 g/mol. The first-order chi connectivity index (χ1) is 14.4. The van der Waals surface area contributed by atoms with Crippen LogP contribution in [0.2, 0.25) is 5.02 Å². The molecule has 1 aromatic heterocycles. The van der Waals surface area contributed by atoms with E-state index >= 15 is 0 Å². The molecule has 0 fully saturated rings. The third kappa shape index (κ3) is 4.40. The van der Waals surface area contributed by atoms with E-state index in [-0.39, 0.29) is 11.7 Å². The molecule has 0 radical (unpaired) electrons. The van der Waals surface area contributed by atoms with Crippen LogP contribution in [0.15, 0.2) is 69.5 Å². The van der Waals surface area contributed by atoms with E-state index < -0.39 is 0 Å².